The fourth-order valence-corrected chi connectivity index (χ4v) is 1.99. The zero-order valence-corrected chi connectivity index (χ0v) is 11.4. The van der Waals surface area contributed by atoms with E-state index in [-0.39, 0.29) is 12.2 Å². The van der Waals surface area contributed by atoms with Crippen LogP contribution in [-0.2, 0) is 4.79 Å². The molecule has 7 heteroatoms. The summed E-state index contributed by atoms with van der Waals surface area (Å²) < 4.78 is 13.4. The van der Waals surface area contributed by atoms with E-state index in [0.717, 1.165) is 6.07 Å². The van der Waals surface area contributed by atoms with Gasteiger partial charge in [-0.05, 0) is 25.0 Å². The second-order valence-electron chi connectivity index (χ2n) is 4.54. The Morgan fingerprint density at radius 3 is 2.50 bits per heavy atom. The molecule has 0 saturated heterocycles. The van der Waals surface area contributed by atoms with Gasteiger partial charge in [-0.25, -0.2) is 0 Å². The first kappa shape index (κ1) is 15.9. The molecule has 0 aliphatic heterocycles. The average Bonchev–Trinajstić information content (AvgIpc) is 2.39. The highest BCUT2D eigenvalue weighted by Crippen LogP contribution is 2.31. The lowest BCUT2D eigenvalue weighted by atomic mass is 9.82. The van der Waals surface area contributed by atoms with Crippen LogP contribution in [0.25, 0.3) is 0 Å². The number of nitrogens with zero attached hydrogens (tertiary/aromatic N) is 1. The monoisotopic (exact) mass is 284 g/mol. The van der Waals surface area contributed by atoms with Crippen LogP contribution in [0, 0.1) is 21.3 Å². The van der Waals surface area contributed by atoms with E-state index in [1.807, 2.05) is 0 Å². The summed E-state index contributed by atoms with van der Waals surface area (Å²) in [4.78, 5) is 21.4. The van der Waals surface area contributed by atoms with E-state index >= 15 is 0 Å². The SMILES string of the molecule is CCC(CC)(CNc1cccc(F)c1[N+](=O)[O-])C(=O)O. The zero-order chi connectivity index (χ0) is 15.3. The van der Waals surface area contributed by atoms with Crippen LogP contribution in [0.5, 0.6) is 0 Å². The standard InChI is InChI=1S/C13H17FN2O4/c1-3-13(4-2,12(17)18)8-15-10-7-5-6-9(14)11(10)16(19)20/h5-7,15H,3-4,8H2,1-2H3,(H,17,18). The van der Waals surface area contributed by atoms with Gasteiger partial charge in [-0.1, -0.05) is 19.9 Å². The third-order valence-corrected chi connectivity index (χ3v) is 3.59. The minimum absolute atomic E-state index is 0.000370. The Labute approximate surface area is 115 Å². The van der Waals surface area contributed by atoms with E-state index in [2.05, 4.69) is 5.32 Å². The summed E-state index contributed by atoms with van der Waals surface area (Å²) >= 11 is 0. The number of nitro groups is 1. The molecular weight excluding hydrogens is 267 g/mol. The summed E-state index contributed by atoms with van der Waals surface area (Å²) in [7, 11) is 0. The van der Waals surface area contributed by atoms with E-state index in [9.17, 15) is 24.4 Å². The van der Waals surface area contributed by atoms with Gasteiger partial charge in [0, 0.05) is 6.54 Å². The number of para-hydroxylation sites is 1. The number of rotatable bonds is 7. The van der Waals surface area contributed by atoms with Gasteiger partial charge >= 0.3 is 11.7 Å². The number of nitrogens with one attached hydrogen (secondary N) is 1. The lowest BCUT2D eigenvalue weighted by molar-refractivity contribution is -0.386. The van der Waals surface area contributed by atoms with Crippen molar-refractivity contribution in [3.05, 3.63) is 34.1 Å². The lowest BCUT2D eigenvalue weighted by Crippen LogP contribution is -2.37. The molecule has 6 nitrogen and oxygen atoms in total. The maximum atomic E-state index is 13.4. The number of anilines is 1. The zero-order valence-electron chi connectivity index (χ0n) is 11.4. The molecule has 0 amide bonds. The van der Waals surface area contributed by atoms with Crippen LogP contribution in [0.1, 0.15) is 26.7 Å². The minimum Gasteiger partial charge on any atom is -0.481 e. The topological polar surface area (TPSA) is 92.5 Å². The molecule has 0 aromatic heterocycles. The van der Waals surface area contributed by atoms with Crippen molar-refractivity contribution in [2.75, 3.05) is 11.9 Å². The van der Waals surface area contributed by atoms with E-state index in [1.54, 1.807) is 13.8 Å². The highest BCUT2D eigenvalue weighted by atomic mass is 19.1. The second kappa shape index (κ2) is 6.31. The largest absolute Gasteiger partial charge is 0.481 e. The smallest absolute Gasteiger partial charge is 0.327 e. The van der Waals surface area contributed by atoms with Crippen molar-refractivity contribution < 1.29 is 19.2 Å². The molecule has 0 spiro atoms. The summed E-state index contributed by atoms with van der Waals surface area (Å²) in [6, 6.07) is 3.69. The Morgan fingerprint density at radius 1 is 1.45 bits per heavy atom. The molecule has 0 aliphatic carbocycles. The second-order valence-corrected chi connectivity index (χ2v) is 4.54. The molecule has 0 fully saturated rings. The number of benzene rings is 1. The third kappa shape index (κ3) is 3.04. The first-order valence-corrected chi connectivity index (χ1v) is 6.28. The van der Waals surface area contributed by atoms with E-state index < -0.39 is 27.8 Å². The molecule has 110 valence electrons. The number of hydrogen-bond donors (Lipinski definition) is 2. The third-order valence-electron chi connectivity index (χ3n) is 3.59. The molecule has 1 aromatic carbocycles. The highest BCUT2D eigenvalue weighted by molar-refractivity contribution is 5.76. The fourth-order valence-electron chi connectivity index (χ4n) is 1.99. The molecule has 0 saturated carbocycles. The predicted molar refractivity (Wildman–Crippen MR) is 72.2 cm³/mol. The summed E-state index contributed by atoms with van der Waals surface area (Å²) in [5, 5.41) is 22.8. The maximum absolute atomic E-state index is 13.4. The van der Waals surface area contributed by atoms with Crippen molar-refractivity contribution in [2.45, 2.75) is 26.7 Å². The molecule has 0 aliphatic rings. The van der Waals surface area contributed by atoms with Crippen molar-refractivity contribution in [3.63, 3.8) is 0 Å². The fraction of sp³-hybridized carbons (Fsp3) is 0.462. The normalized spacial score (nSPS) is 11.2. The summed E-state index contributed by atoms with van der Waals surface area (Å²) in [6.07, 6.45) is 0.740. The first-order chi connectivity index (χ1) is 9.38. The van der Waals surface area contributed by atoms with Gasteiger partial charge < -0.3 is 10.4 Å². The maximum Gasteiger partial charge on any atom is 0.327 e. The predicted octanol–water partition coefficient (Wildman–Crippen LogP) is 3.04. The van der Waals surface area contributed by atoms with Gasteiger partial charge in [-0.2, -0.15) is 4.39 Å². The molecule has 2 N–H and O–H groups in total. The summed E-state index contributed by atoms with van der Waals surface area (Å²) in [5.74, 6) is -1.93. The number of carbonyl (C=O) groups is 1. The Kier molecular flexibility index (Phi) is 5.01. The van der Waals surface area contributed by atoms with Gasteiger partial charge in [-0.15, -0.1) is 0 Å². The molecule has 0 bridgehead atoms. The number of carboxylic acids is 1. The van der Waals surface area contributed by atoms with Gasteiger partial charge in [0.1, 0.15) is 5.69 Å². The molecule has 0 unspecified atom stereocenters. The van der Waals surface area contributed by atoms with Crippen LogP contribution in [0.4, 0.5) is 15.8 Å². The van der Waals surface area contributed by atoms with E-state index in [0.29, 0.717) is 12.8 Å². The Morgan fingerprint density at radius 2 is 2.05 bits per heavy atom. The van der Waals surface area contributed by atoms with Crippen LogP contribution >= 0.6 is 0 Å². The highest BCUT2D eigenvalue weighted by Gasteiger charge is 2.35. The molecule has 20 heavy (non-hydrogen) atoms. The van der Waals surface area contributed by atoms with Gasteiger partial charge in [0.25, 0.3) is 0 Å². The molecular formula is C13H17FN2O4. The molecule has 0 heterocycles. The lowest BCUT2D eigenvalue weighted by Gasteiger charge is -2.27. The molecule has 1 rings (SSSR count). The molecule has 0 atom stereocenters. The Bertz CT molecular complexity index is 515. The van der Waals surface area contributed by atoms with Crippen molar-refractivity contribution in [1.82, 2.24) is 0 Å². The summed E-state index contributed by atoms with van der Waals surface area (Å²) in [6.45, 7) is 3.47. The summed E-state index contributed by atoms with van der Waals surface area (Å²) in [5.41, 5.74) is -1.71. The minimum atomic E-state index is -1.03. The van der Waals surface area contributed by atoms with Crippen molar-refractivity contribution in [2.24, 2.45) is 5.41 Å². The number of nitro benzene ring substituents is 1. The Hall–Kier alpha value is -2.18. The van der Waals surface area contributed by atoms with Crippen molar-refractivity contribution in [3.8, 4) is 0 Å². The van der Waals surface area contributed by atoms with Crippen LogP contribution < -0.4 is 5.32 Å². The van der Waals surface area contributed by atoms with E-state index in [4.69, 9.17) is 0 Å². The van der Waals surface area contributed by atoms with Crippen LogP contribution in [-0.4, -0.2) is 22.5 Å². The van der Waals surface area contributed by atoms with Crippen molar-refractivity contribution in [1.29, 1.82) is 0 Å². The Balaban J connectivity index is 3.03. The van der Waals surface area contributed by atoms with Gasteiger partial charge in [0.05, 0.1) is 10.3 Å². The van der Waals surface area contributed by atoms with Crippen molar-refractivity contribution >= 4 is 17.3 Å². The van der Waals surface area contributed by atoms with Crippen LogP contribution in [0.3, 0.4) is 0 Å². The average molecular weight is 284 g/mol. The number of carboxylic acid groups (broad SMARTS) is 1. The van der Waals surface area contributed by atoms with Crippen LogP contribution in [0.2, 0.25) is 0 Å². The number of halogens is 1. The quantitative estimate of drug-likeness (QED) is 0.593. The van der Waals surface area contributed by atoms with Gasteiger partial charge in [0.2, 0.25) is 5.82 Å². The van der Waals surface area contributed by atoms with Gasteiger partial charge in [-0.3, -0.25) is 14.9 Å². The molecule has 0 radical (unpaired) electrons. The van der Waals surface area contributed by atoms with E-state index in [1.165, 1.54) is 12.1 Å². The van der Waals surface area contributed by atoms with Crippen LogP contribution in [0.15, 0.2) is 18.2 Å². The van der Waals surface area contributed by atoms with Gasteiger partial charge in [0.15, 0.2) is 0 Å². The number of aliphatic carboxylic acids is 1. The molecule has 1 aromatic rings. The first-order valence-electron chi connectivity index (χ1n) is 6.28. The number of hydrogen-bond acceptors (Lipinski definition) is 4.